The van der Waals surface area contributed by atoms with Gasteiger partial charge >= 0.3 is 0 Å². The molecule has 0 saturated carbocycles. The van der Waals surface area contributed by atoms with Gasteiger partial charge in [-0.25, -0.2) is 0 Å². The van der Waals surface area contributed by atoms with Gasteiger partial charge in [0, 0.05) is 10.2 Å². The standard InChI is InChI=1S/C16H15BrClNO/c1-3-11-6-4-5-10(2)15(11)19-16(20)13-9-12(17)7-8-14(13)18/h4-9H,3H2,1-2H3,(H,19,20). The minimum absolute atomic E-state index is 0.194. The molecule has 2 aromatic carbocycles. The number of aryl methyl sites for hydroxylation is 2. The minimum Gasteiger partial charge on any atom is -0.321 e. The number of anilines is 1. The Morgan fingerprint density at radius 3 is 2.75 bits per heavy atom. The van der Waals surface area contributed by atoms with Crippen molar-refractivity contribution in [3.05, 3.63) is 62.6 Å². The lowest BCUT2D eigenvalue weighted by Gasteiger charge is -2.13. The molecule has 0 atom stereocenters. The maximum absolute atomic E-state index is 12.4. The summed E-state index contributed by atoms with van der Waals surface area (Å²) in [6.45, 7) is 4.05. The van der Waals surface area contributed by atoms with E-state index in [4.69, 9.17) is 11.6 Å². The lowest BCUT2D eigenvalue weighted by molar-refractivity contribution is 0.102. The zero-order chi connectivity index (χ0) is 14.7. The molecule has 0 aliphatic heterocycles. The number of rotatable bonds is 3. The van der Waals surface area contributed by atoms with Gasteiger partial charge < -0.3 is 5.32 Å². The maximum Gasteiger partial charge on any atom is 0.257 e. The minimum atomic E-state index is -0.194. The highest BCUT2D eigenvalue weighted by Crippen LogP contribution is 2.25. The highest BCUT2D eigenvalue weighted by molar-refractivity contribution is 9.10. The molecule has 2 nitrogen and oxygen atoms in total. The van der Waals surface area contributed by atoms with Crippen LogP contribution in [0, 0.1) is 6.92 Å². The van der Waals surface area contributed by atoms with Crippen LogP contribution in [0.3, 0.4) is 0 Å². The van der Waals surface area contributed by atoms with Gasteiger partial charge in [-0.15, -0.1) is 0 Å². The first-order valence-corrected chi connectivity index (χ1v) is 7.55. The van der Waals surface area contributed by atoms with E-state index in [0.29, 0.717) is 10.6 Å². The van der Waals surface area contributed by atoms with Crippen LogP contribution in [-0.2, 0) is 6.42 Å². The van der Waals surface area contributed by atoms with Crippen molar-refractivity contribution < 1.29 is 4.79 Å². The third-order valence-electron chi connectivity index (χ3n) is 3.15. The monoisotopic (exact) mass is 351 g/mol. The molecule has 0 aromatic heterocycles. The van der Waals surface area contributed by atoms with E-state index in [9.17, 15) is 4.79 Å². The van der Waals surface area contributed by atoms with Gasteiger partial charge in [0.2, 0.25) is 0 Å². The lowest BCUT2D eigenvalue weighted by atomic mass is 10.1. The molecule has 2 aromatic rings. The zero-order valence-corrected chi connectivity index (χ0v) is 13.7. The van der Waals surface area contributed by atoms with Gasteiger partial charge in [0.1, 0.15) is 0 Å². The van der Waals surface area contributed by atoms with Crippen molar-refractivity contribution in [3.8, 4) is 0 Å². The molecule has 1 amide bonds. The van der Waals surface area contributed by atoms with Crippen molar-refractivity contribution >= 4 is 39.1 Å². The van der Waals surface area contributed by atoms with Crippen LogP contribution in [0.1, 0.15) is 28.4 Å². The first-order chi connectivity index (χ1) is 9.52. The van der Waals surface area contributed by atoms with Gasteiger partial charge in [-0.2, -0.15) is 0 Å². The van der Waals surface area contributed by atoms with Crippen molar-refractivity contribution in [2.75, 3.05) is 5.32 Å². The summed E-state index contributed by atoms with van der Waals surface area (Å²) in [6, 6.07) is 11.2. The second-order valence-corrected chi connectivity index (χ2v) is 5.86. The molecule has 0 bridgehead atoms. The third kappa shape index (κ3) is 3.22. The van der Waals surface area contributed by atoms with E-state index in [0.717, 1.165) is 27.7 Å². The average molecular weight is 353 g/mol. The molecule has 0 unspecified atom stereocenters. The molecule has 0 aliphatic carbocycles. The summed E-state index contributed by atoms with van der Waals surface area (Å²) in [7, 11) is 0. The normalized spacial score (nSPS) is 10.4. The zero-order valence-electron chi connectivity index (χ0n) is 11.3. The Balaban J connectivity index is 2.35. The Hall–Kier alpha value is -1.32. The molecule has 0 aliphatic rings. The second-order valence-electron chi connectivity index (χ2n) is 4.54. The smallest absolute Gasteiger partial charge is 0.257 e. The molecule has 0 heterocycles. The van der Waals surface area contributed by atoms with E-state index in [2.05, 4.69) is 28.2 Å². The topological polar surface area (TPSA) is 29.1 Å². The molecule has 0 saturated heterocycles. The number of hydrogen-bond acceptors (Lipinski definition) is 1. The summed E-state index contributed by atoms with van der Waals surface area (Å²) < 4.78 is 0.826. The number of hydrogen-bond donors (Lipinski definition) is 1. The summed E-state index contributed by atoms with van der Waals surface area (Å²) in [4.78, 5) is 12.4. The van der Waals surface area contributed by atoms with E-state index < -0.39 is 0 Å². The van der Waals surface area contributed by atoms with Crippen molar-refractivity contribution in [3.63, 3.8) is 0 Å². The number of nitrogens with one attached hydrogen (secondary N) is 1. The Labute approximate surface area is 132 Å². The number of halogens is 2. The molecular weight excluding hydrogens is 338 g/mol. The highest BCUT2D eigenvalue weighted by Gasteiger charge is 2.13. The van der Waals surface area contributed by atoms with Crippen LogP contribution in [0.5, 0.6) is 0 Å². The first-order valence-electron chi connectivity index (χ1n) is 6.37. The Morgan fingerprint density at radius 2 is 2.05 bits per heavy atom. The summed E-state index contributed by atoms with van der Waals surface area (Å²) in [5, 5.41) is 3.41. The fourth-order valence-electron chi connectivity index (χ4n) is 2.05. The van der Waals surface area contributed by atoms with E-state index in [-0.39, 0.29) is 5.91 Å². The van der Waals surface area contributed by atoms with Crippen molar-refractivity contribution in [1.29, 1.82) is 0 Å². The molecule has 4 heteroatoms. The van der Waals surface area contributed by atoms with Gasteiger partial charge in [-0.1, -0.05) is 52.7 Å². The van der Waals surface area contributed by atoms with E-state index in [1.807, 2.05) is 31.2 Å². The fourth-order valence-corrected chi connectivity index (χ4v) is 2.62. The second kappa shape index (κ2) is 6.42. The van der Waals surface area contributed by atoms with Crippen LogP contribution in [0.4, 0.5) is 5.69 Å². The van der Waals surface area contributed by atoms with Crippen LogP contribution in [0.15, 0.2) is 40.9 Å². The summed E-state index contributed by atoms with van der Waals surface area (Å²) in [6.07, 6.45) is 0.865. The molecule has 1 N–H and O–H groups in total. The molecule has 104 valence electrons. The Kier molecular flexibility index (Phi) is 4.84. The third-order valence-corrected chi connectivity index (χ3v) is 3.97. The number of carbonyl (C=O) groups is 1. The number of para-hydroxylation sites is 1. The van der Waals surface area contributed by atoms with Crippen molar-refractivity contribution in [2.45, 2.75) is 20.3 Å². The number of benzene rings is 2. The molecule has 2 rings (SSSR count). The van der Waals surface area contributed by atoms with Gasteiger partial charge in [0.15, 0.2) is 0 Å². The SMILES string of the molecule is CCc1cccc(C)c1NC(=O)c1cc(Br)ccc1Cl. The highest BCUT2D eigenvalue weighted by atomic mass is 79.9. The average Bonchev–Trinajstić information content (AvgIpc) is 2.43. The van der Waals surface area contributed by atoms with E-state index >= 15 is 0 Å². The van der Waals surface area contributed by atoms with Crippen molar-refractivity contribution in [1.82, 2.24) is 0 Å². The van der Waals surface area contributed by atoms with E-state index in [1.54, 1.807) is 12.1 Å². The van der Waals surface area contributed by atoms with E-state index in [1.165, 1.54) is 0 Å². The van der Waals surface area contributed by atoms with Gasteiger partial charge in [0.25, 0.3) is 5.91 Å². The molecule has 0 fully saturated rings. The predicted octanol–water partition coefficient (Wildman–Crippen LogP) is 5.23. The summed E-state index contributed by atoms with van der Waals surface area (Å²) in [5.74, 6) is -0.194. The first kappa shape index (κ1) is 15.1. The molecular formula is C16H15BrClNO. The molecule has 20 heavy (non-hydrogen) atoms. The maximum atomic E-state index is 12.4. The Morgan fingerprint density at radius 1 is 1.30 bits per heavy atom. The van der Waals surface area contributed by atoms with Crippen LogP contribution < -0.4 is 5.32 Å². The largest absolute Gasteiger partial charge is 0.321 e. The molecule has 0 spiro atoms. The quantitative estimate of drug-likeness (QED) is 0.805. The van der Waals surface area contributed by atoms with Gasteiger partial charge in [-0.05, 0) is 42.7 Å². The van der Waals surface area contributed by atoms with Crippen LogP contribution in [0.2, 0.25) is 5.02 Å². The molecule has 0 radical (unpaired) electrons. The van der Waals surface area contributed by atoms with Crippen LogP contribution in [0.25, 0.3) is 0 Å². The summed E-state index contributed by atoms with van der Waals surface area (Å²) in [5.41, 5.74) is 3.50. The Bertz CT molecular complexity index is 655. The van der Waals surface area contributed by atoms with Gasteiger partial charge in [-0.3, -0.25) is 4.79 Å². The number of carbonyl (C=O) groups excluding carboxylic acids is 1. The predicted molar refractivity (Wildman–Crippen MR) is 87.7 cm³/mol. The van der Waals surface area contributed by atoms with Crippen LogP contribution >= 0.6 is 27.5 Å². The van der Waals surface area contributed by atoms with Crippen molar-refractivity contribution in [2.24, 2.45) is 0 Å². The van der Waals surface area contributed by atoms with Gasteiger partial charge in [0.05, 0.1) is 10.6 Å². The number of amides is 1. The fraction of sp³-hybridized carbons (Fsp3) is 0.188. The van der Waals surface area contributed by atoms with Crippen LogP contribution in [-0.4, -0.2) is 5.91 Å². The summed E-state index contributed by atoms with van der Waals surface area (Å²) >= 11 is 9.44. The lowest BCUT2D eigenvalue weighted by Crippen LogP contribution is -2.14.